The molecule has 0 aromatic heterocycles. The van der Waals surface area contributed by atoms with Gasteiger partial charge in [0.2, 0.25) is 0 Å². The first-order valence-electron chi connectivity index (χ1n) is 6.40. The van der Waals surface area contributed by atoms with Crippen molar-refractivity contribution in [3.05, 3.63) is 59.9 Å². The van der Waals surface area contributed by atoms with Crippen molar-refractivity contribution in [2.75, 3.05) is 0 Å². The fraction of sp³-hybridized carbons (Fsp3) is 0.250. The molecule has 0 atom stereocenters. The molecule has 0 amide bonds. The van der Waals surface area contributed by atoms with Gasteiger partial charge in [-0.25, -0.2) is 4.39 Å². The van der Waals surface area contributed by atoms with Crippen molar-refractivity contribution in [1.29, 1.82) is 0 Å². The highest BCUT2D eigenvalue weighted by Crippen LogP contribution is 2.32. The summed E-state index contributed by atoms with van der Waals surface area (Å²) in [6.07, 6.45) is 0. The van der Waals surface area contributed by atoms with Crippen LogP contribution >= 0.6 is 11.8 Å². The van der Waals surface area contributed by atoms with Crippen LogP contribution in [0.3, 0.4) is 0 Å². The second-order valence-electron chi connectivity index (χ2n) is 4.68. The summed E-state index contributed by atoms with van der Waals surface area (Å²) in [4.78, 5) is 1.76. The van der Waals surface area contributed by atoms with Crippen LogP contribution in [-0.2, 0) is 6.54 Å². The van der Waals surface area contributed by atoms with Crippen molar-refractivity contribution in [3.8, 4) is 0 Å². The van der Waals surface area contributed by atoms with Crippen molar-refractivity contribution in [1.82, 2.24) is 5.32 Å². The van der Waals surface area contributed by atoms with Crippen LogP contribution in [-0.4, -0.2) is 6.04 Å². The fourth-order valence-corrected chi connectivity index (χ4v) is 2.68. The molecule has 2 aromatic carbocycles. The summed E-state index contributed by atoms with van der Waals surface area (Å²) in [5.74, 6) is -0.167. The molecule has 0 aliphatic rings. The van der Waals surface area contributed by atoms with Crippen LogP contribution in [0.4, 0.5) is 4.39 Å². The van der Waals surface area contributed by atoms with Gasteiger partial charge in [-0.1, -0.05) is 55.9 Å². The lowest BCUT2D eigenvalue weighted by Gasteiger charge is -2.12. The van der Waals surface area contributed by atoms with Crippen LogP contribution in [0.1, 0.15) is 19.4 Å². The third-order valence-electron chi connectivity index (χ3n) is 2.73. The highest BCUT2D eigenvalue weighted by atomic mass is 32.2. The molecule has 0 saturated heterocycles. The first-order chi connectivity index (χ1) is 9.16. The van der Waals surface area contributed by atoms with E-state index < -0.39 is 0 Å². The Balaban J connectivity index is 2.18. The largest absolute Gasteiger partial charge is 0.310 e. The standard InChI is InChI=1S/C16H18FNS/c1-12(2)18-11-13-7-3-5-9-15(13)19-16-10-6-4-8-14(16)17/h3-10,12,18H,11H2,1-2H3. The quantitative estimate of drug-likeness (QED) is 0.863. The normalized spacial score (nSPS) is 10.9. The maximum atomic E-state index is 13.7. The fourth-order valence-electron chi connectivity index (χ4n) is 1.71. The van der Waals surface area contributed by atoms with E-state index in [1.807, 2.05) is 30.3 Å². The first-order valence-corrected chi connectivity index (χ1v) is 7.22. The minimum absolute atomic E-state index is 0.167. The van der Waals surface area contributed by atoms with Gasteiger partial charge >= 0.3 is 0 Å². The third kappa shape index (κ3) is 4.08. The Morgan fingerprint density at radius 2 is 1.63 bits per heavy atom. The monoisotopic (exact) mass is 275 g/mol. The summed E-state index contributed by atoms with van der Waals surface area (Å²) >= 11 is 1.48. The molecule has 0 bridgehead atoms. The molecule has 0 unspecified atom stereocenters. The van der Waals surface area contributed by atoms with E-state index in [2.05, 4.69) is 25.2 Å². The maximum absolute atomic E-state index is 13.7. The predicted molar refractivity (Wildman–Crippen MR) is 78.9 cm³/mol. The summed E-state index contributed by atoms with van der Waals surface area (Å²) in [6.45, 7) is 5.04. The average Bonchev–Trinajstić information content (AvgIpc) is 2.40. The second kappa shape index (κ2) is 6.73. The molecule has 1 N–H and O–H groups in total. The summed E-state index contributed by atoms with van der Waals surface area (Å²) in [5, 5.41) is 3.40. The predicted octanol–water partition coefficient (Wildman–Crippen LogP) is 4.47. The maximum Gasteiger partial charge on any atom is 0.137 e. The van der Waals surface area contributed by atoms with Gasteiger partial charge in [0.25, 0.3) is 0 Å². The van der Waals surface area contributed by atoms with E-state index in [-0.39, 0.29) is 5.82 Å². The van der Waals surface area contributed by atoms with Crippen LogP contribution < -0.4 is 5.32 Å². The van der Waals surface area contributed by atoms with Crippen LogP contribution in [0.15, 0.2) is 58.3 Å². The summed E-state index contributed by atoms with van der Waals surface area (Å²) in [7, 11) is 0. The van der Waals surface area contributed by atoms with E-state index >= 15 is 0 Å². The average molecular weight is 275 g/mol. The van der Waals surface area contributed by atoms with E-state index in [1.54, 1.807) is 6.07 Å². The van der Waals surface area contributed by atoms with Gasteiger partial charge in [0, 0.05) is 22.4 Å². The van der Waals surface area contributed by atoms with Gasteiger partial charge in [-0.15, -0.1) is 0 Å². The smallest absolute Gasteiger partial charge is 0.137 e. The molecule has 0 radical (unpaired) electrons. The molecule has 19 heavy (non-hydrogen) atoms. The Bertz CT molecular complexity index is 540. The lowest BCUT2D eigenvalue weighted by Crippen LogP contribution is -2.22. The van der Waals surface area contributed by atoms with Gasteiger partial charge in [0.15, 0.2) is 0 Å². The molecule has 2 rings (SSSR count). The lowest BCUT2D eigenvalue weighted by molar-refractivity contribution is 0.584. The van der Waals surface area contributed by atoms with E-state index in [9.17, 15) is 4.39 Å². The van der Waals surface area contributed by atoms with Gasteiger partial charge in [-0.05, 0) is 23.8 Å². The van der Waals surface area contributed by atoms with Crippen LogP contribution in [0.2, 0.25) is 0 Å². The first kappa shape index (κ1) is 14.1. The van der Waals surface area contributed by atoms with Crippen molar-refractivity contribution in [3.63, 3.8) is 0 Å². The number of hydrogen-bond acceptors (Lipinski definition) is 2. The summed E-state index contributed by atoms with van der Waals surface area (Å²) in [5.41, 5.74) is 1.20. The molecule has 0 heterocycles. The SMILES string of the molecule is CC(C)NCc1ccccc1Sc1ccccc1F. The zero-order valence-corrected chi connectivity index (χ0v) is 12.0. The lowest BCUT2D eigenvalue weighted by atomic mass is 10.2. The summed E-state index contributed by atoms with van der Waals surface area (Å²) in [6, 6.07) is 15.4. The molecule has 0 aliphatic heterocycles. The number of nitrogens with one attached hydrogen (secondary N) is 1. The minimum Gasteiger partial charge on any atom is -0.310 e. The summed E-state index contributed by atoms with van der Waals surface area (Å²) < 4.78 is 13.7. The van der Waals surface area contributed by atoms with E-state index in [0.717, 1.165) is 11.4 Å². The number of hydrogen-bond donors (Lipinski definition) is 1. The molecular weight excluding hydrogens is 257 g/mol. The second-order valence-corrected chi connectivity index (χ2v) is 5.76. The minimum atomic E-state index is -0.167. The molecule has 3 heteroatoms. The molecule has 100 valence electrons. The van der Waals surface area contributed by atoms with Crippen LogP contribution in [0.25, 0.3) is 0 Å². The van der Waals surface area contributed by atoms with Gasteiger partial charge < -0.3 is 5.32 Å². The molecule has 0 fully saturated rings. The van der Waals surface area contributed by atoms with E-state index in [4.69, 9.17) is 0 Å². The molecule has 0 saturated carbocycles. The van der Waals surface area contributed by atoms with Crippen molar-refractivity contribution < 1.29 is 4.39 Å². The van der Waals surface area contributed by atoms with Crippen LogP contribution in [0, 0.1) is 5.82 Å². The van der Waals surface area contributed by atoms with Gasteiger partial charge in [-0.3, -0.25) is 0 Å². The van der Waals surface area contributed by atoms with E-state index in [0.29, 0.717) is 10.9 Å². The molecular formula is C16H18FNS. The zero-order chi connectivity index (χ0) is 13.7. The Labute approximate surface area is 118 Å². The van der Waals surface area contributed by atoms with Crippen molar-refractivity contribution in [2.24, 2.45) is 0 Å². The number of halogens is 1. The number of rotatable bonds is 5. The Morgan fingerprint density at radius 1 is 1.00 bits per heavy atom. The number of benzene rings is 2. The van der Waals surface area contributed by atoms with E-state index in [1.165, 1.54) is 23.4 Å². The topological polar surface area (TPSA) is 12.0 Å². The Kier molecular flexibility index (Phi) is 5.00. The zero-order valence-electron chi connectivity index (χ0n) is 11.2. The van der Waals surface area contributed by atoms with Crippen molar-refractivity contribution >= 4 is 11.8 Å². The molecule has 1 nitrogen and oxygen atoms in total. The molecule has 0 aliphatic carbocycles. The van der Waals surface area contributed by atoms with Crippen molar-refractivity contribution in [2.45, 2.75) is 36.2 Å². The van der Waals surface area contributed by atoms with Gasteiger partial charge in [0.1, 0.15) is 5.82 Å². The molecule has 2 aromatic rings. The van der Waals surface area contributed by atoms with Gasteiger partial charge in [-0.2, -0.15) is 0 Å². The Morgan fingerprint density at radius 3 is 2.32 bits per heavy atom. The van der Waals surface area contributed by atoms with Gasteiger partial charge in [0.05, 0.1) is 0 Å². The Hall–Kier alpha value is -1.32. The molecule has 0 spiro atoms. The highest BCUT2D eigenvalue weighted by molar-refractivity contribution is 7.99. The third-order valence-corrected chi connectivity index (χ3v) is 3.90. The van der Waals surface area contributed by atoms with Crippen LogP contribution in [0.5, 0.6) is 0 Å². The highest BCUT2D eigenvalue weighted by Gasteiger charge is 2.07.